The zero-order valence-electron chi connectivity index (χ0n) is 15.2. The predicted molar refractivity (Wildman–Crippen MR) is 104 cm³/mol. The smallest absolute Gasteiger partial charge is 0.355 e. The molecule has 4 rings (SSSR count). The molecule has 0 aliphatic carbocycles. The summed E-state index contributed by atoms with van der Waals surface area (Å²) < 4.78 is 40.6. The van der Waals surface area contributed by atoms with Gasteiger partial charge in [0.2, 0.25) is 0 Å². The van der Waals surface area contributed by atoms with E-state index < -0.39 is 11.7 Å². The number of alkyl halides is 3. The van der Waals surface area contributed by atoms with E-state index >= 15 is 0 Å². The summed E-state index contributed by atoms with van der Waals surface area (Å²) in [6.07, 6.45) is -4.41. The van der Waals surface area contributed by atoms with Crippen LogP contribution in [0.2, 0.25) is 0 Å². The maximum atomic E-state index is 12.9. The summed E-state index contributed by atoms with van der Waals surface area (Å²) in [5.74, 6) is -0.251. The first-order chi connectivity index (χ1) is 13.8. The van der Waals surface area contributed by atoms with E-state index in [1.165, 1.54) is 19.2 Å². The molecule has 7 heteroatoms. The van der Waals surface area contributed by atoms with Crippen molar-refractivity contribution in [2.75, 3.05) is 7.05 Å². The molecule has 144 valence electrons. The molecule has 0 fully saturated rings. The summed E-state index contributed by atoms with van der Waals surface area (Å²) in [6.45, 7) is 0. The van der Waals surface area contributed by atoms with Gasteiger partial charge < -0.3 is 9.88 Å². The molecular weight excluding hydrogens is 379 g/mol. The lowest BCUT2D eigenvalue weighted by atomic mass is 10.1. The van der Waals surface area contributed by atoms with Crippen molar-refractivity contribution in [3.8, 4) is 11.8 Å². The number of carbonyl (C=O) groups is 1. The van der Waals surface area contributed by atoms with Gasteiger partial charge in [-0.25, -0.2) is 0 Å². The Balaban J connectivity index is 2.02. The van der Waals surface area contributed by atoms with Crippen LogP contribution in [0.25, 0.3) is 27.5 Å². The summed E-state index contributed by atoms with van der Waals surface area (Å²) in [5.41, 5.74) is 2.18. The van der Waals surface area contributed by atoms with Crippen molar-refractivity contribution < 1.29 is 18.0 Å². The quantitative estimate of drug-likeness (QED) is 0.519. The maximum Gasteiger partial charge on any atom is 0.416 e. The number of rotatable bonds is 2. The Morgan fingerprint density at radius 1 is 0.966 bits per heavy atom. The van der Waals surface area contributed by atoms with Gasteiger partial charge in [-0.1, -0.05) is 0 Å². The third-order valence-electron chi connectivity index (χ3n) is 4.84. The zero-order valence-corrected chi connectivity index (χ0v) is 15.2. The fraction of sp³-hybridized carbons (Fsp3) is 0.0909. The Morgan fingerprint density at radius 3 is 2.17 bits per heavy atom. The van der Waals surface area contributed by atoms with Crippen LogP contribution in [0.5, 0.6) is 0 Å². The van der Waals surface area contributed by atoms with Crippen molar-refractivity contribution in [1.82, 2.24) is 9.88 Å². The van der Waals surface area contributed by atoms with Crippen molar-refractivity contribution in [1.29, 1.82) is 5.26 Å². The first kappa shape index (κ1) is 18.6. The van der Waals surface area contributed by atoms with Gasteiger partial charge in [0, 0.05) is 29.1 Å². The molecular formula is C22H14F3N3O. The molecule has 0 radical (unpaired) electrons. The zero-order chi connectivity index (χ0) is 20.8. The first-order valence-electron chi connectivity index (χ1n) is 8.71. The summed E-state index contributed by atoms with van der Waals surface area (Å²) in [5, 5.41) is 13.3. The highest BCUT2D eigenvalue weighted by molar-refractivity contribution is 6.12. The van der Waals surface area contributed by atoms with E-state index in [0.29, 0.717) is 16.8 Å². The van der Waals surface area contributed by atoms with Crippen molar-refractivity contribution in [2.24, 2.45) is 0 Å². The van der Waals surface area contributed by atoms with E-state index in [9.17, 15) is 23.2 Å². The third-order valence-corrected chi connectivity index (χ3v) is 4.84. The van der Waals surface area contributed by atoms with Crippen molar-refractivity contribution in [3.05, 3.63) is 77.4 Å². The van der Waals surface area contributed by atoms with Crippen LogP contribution in [0.1, 0.15) is 21.5 Å². The van der Waals surface area contributed by atoms with E-state index in [1.54, 1.807) is 36.4 Å². The van der Waals surface area contributed by atoms with Crippen LogP contribution in [-0.4, -0.2) is 17.5 Å². The number of hydrogen-bond acceptors (Lipinski definition) is 2. The maximum absolute atomic E-state index is 12.9. The van der Waals surface area contributed by atoms with Gasteiger partial charge in [-0.3, -0.25) is 4.79 Å². The normalized spacial score (nSPS) is 11.6. The second-order valence-electron chi connectivity index (χ2n) is 6.53. The van der Waals surface area contributed by atoms with Crippen molar-refractivity contribution in [3.63, 3.8) is 0 Å². The number of carbonyl (C=O) groups excluding carboxylic acids is 1. The number of fused-ring (bicyclic) bond motifs is 3. The molecule has 0 unspecified atom stereocenters. The molecule has 1 amide bonds. The van der Waals surface area contributed by atoms with Crippen LogP contribution >= 0.6 is 0 Å². The Hall–Kier alpha value is -3.79. The monoisotopic (exact) mass is 393 g/mol. The second-order valence-corrected chi connectivity index (χ2v) is 6.53. The van der Waals surface area contributed by atoms with Crippen LogP contribution in [-0.2, 0) is 6.18 Å². The Bertz CT molecular complexity index is 1300. The molecule has 4 aromatic rings. The van der Waals surface area contributed by atoms with Gasteiger partial charge in [-0.05, 0) is 60.7 Å². The van der Waals surface area contributed by atoms with Crippen molar-refractivity contribution >= 4 is 27.7 Å². The van der Waals surface area contributed by atoms with Crippen LogP contribution in [0.4, 0.5) is 13.2 Å². The summed E-state index contributed by atoms with van der Waals surface area (Å²) in [7, 11) is 1.53. The molecule has 29 heavy (non-hydrogen) atoms. The second kappa shape index (κ2) is 6.67. The third kappa shape index (κ3) is 3.09. The topological polar surface area (TPSA) is 57.8 Å². The number of nitriles is 1. The van der Waals surface area contributed by atoms with Crippen LogP contribution in [0, 0.1) is 11.3 Å². The highest BCUT2D eigenvalue weighted by Crippen LogP contribution is 2.35. The standard InChI is InChI=1S/C22H14F3N3O/c1-27-21(29)14-3-9-20-18(11-14)17-10-13(12-26)2-8-19(17)28(20)16-6-4-15(5-7-16)22(23,24)25/h2-11H,1H3,(H,27,29). The van der Waals surface area contributed by atoms with Gasteiger partial charge in [0.05, 0.1) is 28.2 Å². The van der Waals surface area contributed by atoms with Crippen LogP contribution in [0.15, 0.2) is 60.7 Å². The van der Waals surface area contributed by atoms with E-state index in [-0.39, 0.29) is 5.91 Å². The summed E-state index contributed by atoms with van der Waals surface area (Å²) >= 11 is 0. The summed E-state index contributed by atoms with van der Waals surface area (Å²) in [4.78, 5) is 12.0. The lowest BCUT2D eigenvalue weighted by Crippen LogP contribution is -2.17. The number of halogens is 3. The average molecular weight is 393 g/mol. The number of benzene rings is 3. The molecule has 0 saturated carbocycles. The number of hydrogen-bond donors (Lipinski definition) is 1. The van der Waals surface area contributed by atoms with Crippen LogP contribution in [0.3, 0.4) is 0 Å². The highest BCUT2D eigenvalue weighted by atomic mass is 19.4. The van der Waals surface area contributed by atoms with Gasteiger partial charge >= 0.3 is 6.18 Å². The minimum Gasteiger partial charge on any atom is -0.355 e. The number of amides is 1. The molecule has 0 aliphatic rings. The molecule has 0 bridgehead atoms. The summed E-state index contributed by atoms with van der Waals surface area (Å²) in [6, 6.07) is 17.2. The van der Waals surface area contributed by atoms with E-state index in [4.69, 9.17) is 0 Å². The molecule has 1 N–H and O–H groups in total. The van der Waals surface area contributed by atoms with Crippen molar-refractivity contribution in [2.45, 2.75) is 6.18 Å². The first-order valence-corrected chi connectivity index (χ1v) is 8.71. The van der Waals surface area contributed by atoms with Crippen LogP contribution < -0.4 is 5.32 Å². The largest absolute Gasteiger partial charge is 0.416 e. The van der Waals surface area contributed by atoms with Gasteiger partial charge in [-0.2, -0.15) is 18.4 Å². The Kier molecular flexibility index (Phi) is 4.27. The molecule has 0 saturated heterocycles. The fourth-order valence-electron chi connectivity index (χ4n) is 3.46. The molecule has 4 nitrogen and oxygen atoms in total. The highest BCUT2D eigenvalue weighted by Gasteiger charge is 2.30. The van der Waals surface area contributed by atoms with E-state index in [2.05, 4.69) is 11.4 Å². The molecule has 0 atom stereocenters. The van der Waals surface area contributed by atoms with Gasteiger partial charge in [0.25, 0.3) is 5.91 Å². The van der Waals surface area contributed by atoms with E-state index in [1.807, 2.05) is 4.57 Å². The Labute approximate surface area is 163 Å². The average Bonchev–Trinajstić information content (AvgIpc) is 3.05. The minimum absolute atomic E-state index is 0.251. The lowest BCUT2D eigenvalue weighted by Gasteiger charge is -2.11. The lowest BCUT2D eigenvalue weighted by molar-refractivity contribution is -0.137. The molecule has 3 aromatic carbocycles. The molecule has 0 aliphatic heterocycles. The molecule has 1 aromatic heterocycles. The van der Waals surface area contributed by atoms with E-state index in [0.717, 1.165) is 33.9 Å². The number of nitrogens with one attached hydrogen (secondary N) is 1. The van der Waals surface area contributed by atoms with Gasteiger partial charge in [0.1, 0.15) is 0 Å². The SMILES string of the molecule is CNC(=O)c1ccc2c(c1)c1cc(C#N)ccc1n2-c1ccc(C(F)(F)F)cc1. The minimum atomic E-state index is -4.41. The fourth-order valence-corrected chi connectivity index (χ4v) is 3.46. The number of nitrogens with zero attached hydrogens (tertiary/aromatic N) is 2. The van der Waals surface area contributed by atoms with Gasteiger partial charge in [-0.15, -0.1) is 0 Å². The van der Waals surface area contributed by atoms with Gasteiger partial charge in [0.15, 0.2) is 0 Å². The number of aromatic nitrogens is 1. The Morgan fingerprint density at radius 2 is 1.59 bits per heavy atom. The molecule has 1 heterocycles. The predicted octanol–water partition coefficient (Wildman–Crippen LogP) is 5.03. The molecule has 0 spiro atoms.